The zero-order chi connectivity index (χ0) is 6.53. The van der Waals surface area contributed by atoms with Crippen LogP contribution in [0.1, 0.15) is 5.89 Å². The topological polar surface area (TPSA) is 26.0 Å². The molecule has 0 aromatic carbocycles. The minimum atomic E-state index is 0.566. The molecular weight excluding hydrogens is 114 g/mol. The fraction of sp³-hybridized carbons (Fsp3) is 0. The second-order valence-corrected chi connectivity index (χ2v) is 1.42. The van der Waals surface area contributed by atoms with Crippen LogP contribution in [-0.4, -0.2) is 4.98 Å². The number of hydrogen-bond donors (Lipinski definition) is 0. The van der Waals surface area contributed by atoms with Gasteiger partial charge in [-0.15, -0.1) is 0 Å². The minimum Gasteiger partial charge on any atom is -0.445 e. The molecule has 1 rings (SSSR count). The smallest absolute Gasteiger partial charge is 0.218 e. The summed E-state index contributed by atoms with van der Waals surface area (Å²) >= 11 is 0. The third-order valence-electron chi connectivity index (χ3n) is 0.801. The molecule has 0 amide bonds. The molecule has 0 unspecified atom stereocenters. The molecule has 0 spiro atoms. The summed E-state index contributed by atoms with van der Waals surface area (Å²) in [4.78, 5) is 3.82. The van der Waals surface area contributed by atoms with Crippen LogP contribution in [0, 0.1) is 6.58 Å². The van der Waals surface area contributed by atoms with E-state index in [1.54, 1.807) is 18.3 Å². The lowest BCUT2D eigenvalue weighted by Crippen LogP contribution is -1.63. The van der Waals surface area contributed by atoms with Crippen molar-refractivity contribution in [3.8, 4) is 0 Å². The van der Waals surface area contributed by atoms with Gasteiger partial charge in [0.15, 0.2) is 0 Å². The summed E-state index contributed by atoms with van der Waals surface area (Å²) < 4.78 is 4.86. The van der Waals surface area contributed by atoms with Crippen LogP contribution in [-0.2, 0) is 0 Å². The molecule has 0 aliphatic heterocycles. The number of aromatic nitrogens is 1. The monoisotopic (exact) mass is 120 g/mol. The van der Waals surface area contributed by atoms with E-state index in [9.17, 15) is 0 Å². The van der Waals surface area contributed by atoms with Gasteiger partial charge in [0, 0.05) is 6.08 Å². The van der Waals surface area contributed by atoms with Gasteiger partial charge in [-0.2, -0.15) is 0 Å². The molecule has 45 valence electrons. The molecule has 9 heavy (non-hydrogen) atoms. The van der Waals surface area contributed by atoms with Crippen molar-refractivity contribution >= 4 is 6.08 Å². The number of nitrogens with zero attached hydrogens (tertiary/aromatic N) is 1. The Morgan fingerprint density at radius 1 is 1.67 bits per heavy atom. The van der Waals surface area contributed by atoms with Crippen LogP contribution >= 0.6 is 0 Å². The molecule has 2 heteroatoms. The fourth-order valence-electron chi connectivity index (χ4n) is 0.455. The molecule has 0 fully saturated rings. The van der Waals surface area contributed by atoms with E-state index in [1.165, 1.54) is 12.3 Å². The summed E-state index contributed by atoms with van der Waals surface area (Å²) in [5.74, 6) is 0.566. The summed E-state index contributed by atoms with van der Waals surface area (Å²) in [5, 5.41) is 0. The van der Waals surface area contributed by atoms with Gasteiger partial charge in [-0.05, 0) is 0 Å². The maximum Gasteiger partial charge on any atom is 0.218 e. The van der Waals surface area contributed by atoms with Crippen LogP contribution in [0.5, 0.6) is 0 Å². The van der Waals surface area contributed by atoms with Crippen molar-refractivity contribution in [2.75, 3.05) is 0 Å². The number of allylic oxidation sites excluding steroid dienone is 2. The van der Waals surface area contributed by atoms with Crippen LogP contribution in [0.15, 0.2) is 29.0 Å². The summed E-state index contributed by atoms with van der Waals surface area (Å²) in [7, 11) is 0. The van der Waals surface area contributed by atoms with E-state index in [-0.39, 0.29) is 0 Å². The largest absolute Gasteiger partial charge is 0.445 e. The van der Waals surface area contributed by atoms with Crippen LogP contribution in [0.25, 0.3) is 6.08 Å². The van der Waals surface area contributed by atoms with Gasteiger partial charge in [-0.25, -0.2) is 4.98 Å². The van der Waals surface area contributed by atoms with Gasteiger partial charge in [0.05, 0.1) is 6.20 Å². The molecule has 2 nitrogen and oxygen atoms in total. The van der Waals surface area contributed by atoms with Gasteiger partial charge in [0.2, 0.25) is 5.89 Å². The van der Waals surface area contributed by atoms with E-state index in [0.717, 1.165) is 0 Å². The Morgan fingerprint density at radius 2 is 2.56 bits per heavy atom. The first-order chi connectivity index (χ1) is 4.43. The molecule has 0 N–H and O–H groups in total. The lowest BCUT2D eigenvalue weighted by atomic mass is 10.5. The Balaban J connectivity index is 2.67. The molecule has 1 radical (unpaired) electrons. The molecule has 0 atom stereocenters. The molecular formula is C7H6NO. The first-order valence-corrected chi connectivity index (χ1v) is 2.54. The highest BCUT2D eigenvalue weighted by molar-refractivity contribution is 5.39. The Kier molecular flexibility index (Phi) is 1.85. The number of rotatable bonds is 2. The van der Waals surface area contributed by atoms with Crippen molar-refractivity contribution in [2.24, 2.45) is 0 Å². The van der Waals surface area contributed by atoms with E-state index in [4.69, 9.17) is 11.0 Å². The molecule has 0 saturated carbocycles. The standard InChI is InChI=1S/C7H6NO/c1-2-3-4-7-8-5-6-9-7/h1-6H. The van der Waals surface area contributed by atoms with Crippen molar-refractivity contribution in [3.63, 3.8) is 0 Å². The van der Waals surface area contributed by atoms with Crippen molar-refractivity contribution in [2.45, 2.75) is 0 Å². The predicted molar refractivity (Wildman–Crippen MR) is 34.4 cm³/mol. The third-order valence-corrected chi connectivity index (χ3v) is 0.801. The second kappa shape index (κ2) is 2.87. The Hall–Kier alpha value is -1.31. The van der Waals surface area contributed by atoms with Gasteiger partial charge in [0.1, 0.15) is 6.26 Å². The molecule has 1 heterocycles. The molecule has 0 saturated heterocycles. The van der Waals surface area contributed by atoms with Gasteiger partial charge >= 0.3 is 0 Å². The quantitative estimate of drug-likeness (QED) is 0.555. The normalized spacial score (nSPS) is 10.2. The van der Waals surface area contributed by atoms with E-state index >= 15 is 0 Å². The Bertz CT molecular complexity index is 199. The highest BCUT2D eigenvalue weighted by Crippen LogP contribution is 1.95. The summed E-state index contributed by atoms with van der Waals surface area (Å²) in [6.45, 7) is 5.06. The lowest BCUT2D eigenvalue weighted by Gasteiger charge is -1.75. The highest BCUT2D eigenvalue weighted by Gasteiger charge is 1.84. The van der Waals surface area contributed by atoms with Crippen LogP contribution in [0.2, 0.25) is 0 Å². The maximum absolute atomic E-state index is 5.06. The number of oxazole rings is 1. The van der Waals surface area contributed by atoms with Crippen molar-refractivity contribution in [1.29, 1.82) is 0 Å². The SMILES string of the molecule is [CH]=CC=Cc1ncco1. The first-order valence-electron chi connectivity index (χ1n) is 2.54. The van der Waals surface area contributed by atoms with Gasteiger partial charge in [0.25, 0.3) is 0 Å². The minimum absolute atomic E-state index is 0.566. The highest BCUT2D eigenvalue weighted by atomic mass is 16.3. The molecule has 1 aromatic rings. The summed E-state index contributed by atoms with van der Waals surface area (Å²) in [6, 6.07) is 0. The van der Waals surface area contributed by atoms with Crippen molar-refractivity contribution in [3.05, 3.63) is 37.1 Å². The van der Waals surface area contributed by atoms with Crippen LogP contribution in [0.4, 0.5) is 0 Å². The number of hydrogen-bond acceptors (Lipinski definition) is 2. The van der Waals surface area contributed by atoms with Crippen molar-refractivity contribution < 1.29 is 4.42 Å². The van der Waals surface area contributed by atoms with E-state index in [2.05, 4.69) is 4.98 Å². The van der Waals surface area contributed by atoms with Gasteiger partial charge in [-0.3, -0.25) is 0 Å². The van der Waals surface area contributed by atoms with Crippen molar-refractivity contribution in [1.82, 2.24) is 4.98 Å². The first kappa shape index (κ1) is 5.82. The third kappa shape index (κ3) is 1.57. The maximum atomic E-state index is 5.06. The Morgan fingerprint density at radius 3 is 3.11 bits per heavy atom. The lowest BCUT2D eigenvalue weighted by molar-refractivity contribution is 0.546. The van der Waals surface area contributed by atoms with E-state index in [0.29, 0.717) is 5.89 Å². The van der Waals surface area contributed by atoms with Gasteiger partial charge < -0.3 is 4.42 Å². The second-order valence-electron chi connectivity index (χ2n) is 1.42. The molecule has 1 aromatic heterocycles. The average Bonchev–Trinajstić information content (AvgIpc) is 2.34. The average molecular weight is 120 g/mol. The Labute approximate surface area is 53.5 Å². The van der Waals surface area contributed by atoms with Crippen LogP contribution < -0.4 is 0 Å². The van der Waals surface area contributed by atoms with E-state index < -0.39 is 0 Å². The van der Waals surface area contributed by atoms with E-state index in [1.807, 2.05) is 0 Å². The molecule has 0 aliphatic carbocycles. The predicted octanol–water partition coefficient (Wildman–Crippen LogP) is 1.68. The van der Waals surface area contributed by atoms with Crippen LogP contribution in [0.3, 0.4) is 0 Å². The summed E-state index contributed by atoms with van der Waals surface area (Å²) in [6.07, 6.45) is 7.85. The molecule has 0 bridgehead atoms. The zero-order valence-electron chi connectivity index (χ0n) is 4.82. The zero-order valence-corrected chi connectivity index (χ0v) is 4.82. The fourth-order valence-corrected chi connectivity index (χ4v) is 0.455. The molecule has 0 aliphatic rings. The van der Waals surface area contributed by atoms with Gasteiger partial charge in [-0.1, -0.05) is 18.7 Å². The summed E-state index contributed by atoms with van der Waals surface area (Å²) in [5.41, 5.74) is 0.